The van der Waals surface area contributed by atoms with Crippen molar-refractivity contribution in [2.24, 2.45) is 0 Å². The van der Waals surface area contributed by atoms with Crippen LogP contribution < -0.4 is 0 Å². The van der Waals surface area contributed by atoms with Gasteiger partial charge in [-0.2, -0.15) is 5.10 Å². The SMILES string of the molecule is Cc1ccncc1-c1cc(C2CCN(Cc3nc(C)c4cccnc4n3)CC2)[nH]n1. The Morgan fingerprint density at radius 1 is 1.10 bits per heavy atom. The number of aromatic nitrogens is 6. The minimum absolute atomic E-state index is 0.500. The fourth-order valence-electron chi connectivity index (χ4n) is 4.26. The van der Waals surface area contributed by atoms with Crippen LogP contribution in [0.4, 0.5) is 0 Å². The number of likely N-dealkylation sites (tertiary alicyclic amines) is 1. The molecule has 0 amide bonds. The highest BCUT2D eigenvalue weighted by molar-refractivity contribution is 5.76. The smallest absolute Gasteiger partial charge is 0.163 e. The molecule has 7 nitrogen and oxygen atoms in total. The maximum atomic E-state index is 4.70. The summed E-state index contributed by atoms with van der Waals surface area (Å²) in [5.74, 6) is 1.36. The summed E-state index contributed by atoms with van der Waals surface area (Å²) >= 11 is 0. The van der Waals surface area contributed by atoms with Crippen molar-refractivity contribution in [1.82, 2.24) is 35.0 Å². The molecule has 0 spiro atoms. The number of aryl methyl sites for hydroxylation is 2. The Kier molecular flexibility index (Phi) is 4.96. The monoisotopic (exact) mass is 399 g/mol. The first-order valence-corrected chi connectivity index (χ1v) is 10.4. The number of hydrogen-bond donors (Lipinski definition) is 1. The van der Waals surface area contributed by atoms with Gasteiger partial charge in [-0.25, -0.2) is 15.0 Å². The molecule has 0 aromatic carbocycles. The van der Waals surface area contributed by atoms with Gasteiger partial charge in [0.15, 0.2) is 5.65 Å². The van der Waals surface area contributed by atoms with Gasteiger partial charge in [-0.15, -0.1) is 0 Å². The fraction of sp³-hybridized carbons (Fsp3) is 0.348. The normalized spacial score (nSPS) is 15.7. The molecule has 30 heavy (non-hydrogen) atoms. The van der Waals surface area contributed by atoms with Crippen molar-refractivity contribution in [2.75, 3.05) is 13.1 Å². The Labute approximate surface area is 175 Å². The van der Waals surface area contributed by atoms with Gasteiger partial charge < -0.3 is 0 Å². The predicted octanol–water partition coefficient (Wildman–Crippen LogP) is 3.81. The number of piperidine rings is 1. The minimum Gasteiger partial charge on any atom is -0.296 e. The molecule has 1 aliphatic heterocycles. The van der Waals surface area contributed by atoms with Gasteiger partial charge in [-0.1, -0.05) is 0 Å². The molecule has 4 aromatic heterocycles. The van der Waals surface area contributed by atoms with E-state index < -0.39 is 0 Å². The number of nitrogens with zero attached hydrogens (tertiary/aromatic N) is 6. The lowest BCUT2D eigenvalue weighted by molar-refractivity contribution is 0.199. The lowest BCUT2D eigenvalue weighted by atomic mass is 9.93. The molecule has 4 aromatic rings. The first kappa shape index (κ1) is 18.8. The highest BCUT2D eigenvalue weighted by Crippen LogP contribution is 2.30. The summed E-state index contributed by atoms with van der Waals surface area (Å²) in [5, 5.41) is 8.83. The van der Waals surface area contributed by atoms with Crippen molar-refractivity contribution in [1.29, 1.82) is 0 Å². The van der Waals surface area contributed by atoms with E-state index in [4.69, 9.17) is 4.98 Å². The highest BCUT2D eigenvalue weighted by atomic mass is 15.2. The Bertz CT molecular complexity index is 1180. The van der Waals surface area contributed by atoms with Crippen molar-refractivity contribution in [2.45, 2.75) is 39.2 Å². The number of fused-ring (bicyclic) bond motifs is 1. The van der Waals surface area contributed by atoms with Crippen LogP contribution in [0.3, 0.4) is 0 Å². The summed E-state index contributed by atoms with van der Waals surface area (Å²) in [6.07, 6.45) is 7.68. The van der Waals surface area contributed by atoms with Gasteiger partial charge in [0.2, 0.25) is 0 Å². The third-order valence-corrected chi connectivity index (χ3v) is 6.01. The maximum Gasteiger partial charge on any atom is 0.163 e. The summed E-state index contributed by atoms with van der Waals surface area (Å²) in [4.78, 5) is 20.4. The second kappa shape index (κ2) is 7.91. The molecular formula is C23H25N7. The topological polar surface area (TPSA) is 83.5 Å². The lowest BCUT2D eigenvalue weighted by Gasteiger charge is -2.30. The van der Waals surface area contributed by atoms with Crippen LogP contribution in [0.5, 0.6) is 0 Å². The average molecular weight is 400 g/mol. The van der Waals surface area contributed by atoms with Crippen molar-refractivity contribution >= 4 is 11.0 Å². The van der Waals surface area contributed by atoms with Crippen LogP contribution in [-0.2, 0) is 6.54 Å². The molecule has 7 heteroatoms. The summed E-state index contributed by atoms with van der Waals surface area (Å²) in [6.45, 7) is 6.93. The van der Waals surface area contributed by atoms with Gasteiger partial charge >= 0.3 is 0 Å². The van der Waals surface area contributed by atoms with Gasteiger partial charge in [0.1, 0.15) is 5.82 Å². The molecule has 0 radical (unpaired) electrons. The summed E-state index contributed by atoms with van der Waals surface area (Å²) < 4.78 is 0. The summed E-state index contributed by atoms with van der Waals surface area (Å²) in [5.41, 5.74) is 6.26. The van der Waals surface area contributed by atoms with Crippen molar-refractivity contribution in [3.63, 3.8) is 0 Å². The number of rotatable bonds is 4. The number of nitrogens with one attached hydrogen (secondary N) is 1. The van der Waals surface area contributed by atoms with Gasteiger partial charge in [0.25, 0.3) is 0 Å². The number of H-pyrrole nitrogens is 1. The fourth-order valence-corrected chi connectivity index (χ4v) is 4.26. The first-order chi connectivity index (χ1) is 14.7. The third kappa shape index (κ3) is 3.68. The van der Waals surface area contributed by atoms with Crippen LogP contribution in [-0.4, -0.2) is 48.1 Å². The second-order valence-electron chi connectivity index (χ2n) is 8.05. The molecule has 0 atom stereocenters. The molecule has 0 unspecified atom stereocenters. The van der Waals surface area contributed by atoms with E-state index in [1.165, 1.54) is 11.3 Å². The predicted molar refractivity (Wildman–Crippen MR) is 116 cm³/mol. The summed E-state index contributed by atoms with van der Waals surface area (Å²) in [6, 6.07) is 8.16. The zero-order chi connectivity index (χ0) is 20.5. The summed E-state index contributed by atoms with van der Waals surface area (Å²) in [7, 11) is 0. The van der Waals surface area contributed by atoms with E-state index >= 15 is 0 Å². The molecular weight excluding hydrogens is 374 g/mol. The van der Waals surface area contributed by atoms with Gasteiger partial charge in [0.05, 0.1) is 17.9 Å². The molecule has 1 aliphatic rings. The minimum atomic E-state index is 0.500. The Morgan fingerprint density at radius 3 is 2.80 bits per heavy atom. The maximum absolute atomic E-state index is 4.70. The van der Waals surface area contributed by atoms with Crippen molar-refractivity contribution < 1.29 is 0 Å². The molecule has 5 heterocycles. The van der Waals surface area contributed by atoms with Crippen molar-refractivity contribution in [3.05, 3.63) is 65.6 Å². The molecule has 5 rings (SSSR count). The lowest BCUT2D eigenvalue weighted by Crippen LogP contribution is -2.33. The first-order valence-electron chi connectivity index (χ1n) is 10.4. The van der Waals surface area contributed by atoms with Crippen LogP contribution >= 0.6 is 0 Å². The molecule has 0 aliphatic carbocycles. The molecule has 0 bridgehead atoms. The van der Waals surface area contributed by atoms with Crippen LogP contribution in [0.25, 0.3) is 22.3 Å². The highest BCUT2D eigenvalue weighted by Gasteiger charge is 2.23. The Hall–Kier alpha value is -3.19. The van der Waals surface area contributed by atoms with E-state index in [9.17, 15) is 0 Å². The van der Waals surface area contributed by atoms with E-state index in [1.807, 2.05) is 37.5 Å². The van der Waals surface area contributed by atoms with Crippen LogP contribution in [0, 0.1) is 13.8 Å². The molecule has 1 saturated heterocycles. The van der Waals surface area contributed by atoms with Crippen LogP contribution in [0.15, 0.2) is 42.9 Å². The van der Waals surface area contributed by atoms with E-state index in [2.05, 4.69) is 43.0 Å². The molecule has 1 fully saturated rings. The molecule has 152 valence electrons. The van der Waals surface area contributed by atoms with E-state index in [1.54, 1.807) is 6.20 Å². The Balaban J connectivity index is 1.25. The van der Waals surface area contributed by atoms with Gasteiger partial charge in [-0.3, -0.25) is 15.0 Å². The number of aromatic amines is 1. The average Bonchev–Trinajstić information content (AvgIpc) is 3.25. The van der Waals surface area contributed by atoms with Crippen molar-refractivity contribution in [3.8, 4) is 11.3 Å². The van der Waals surface area contributed by atoms with Gasteiger partial charge in [-0.05, 0) is 69.6 Å². The third-order valence-electron chi connectivity index (χ3n) is 6.01. The quantitative estimate of drug-likeness (QED) is 0.562. The zero-order valence-electron chi connectivity index (χ0n) is 17.3. The second-order valence-corrected chi connectivity index (χ2v) is 8.05. The standard InChI is InChI=1S/C23H25N7/c1-15-5-9-24-13-19(15)21-12-20(28-29-21)17-6-10-30(11-7-17)14-22-26-16(2)18-4-3-8-25-23(18)27-22/h3-5,8-9,12-13,17H,6-7,10-11,14H2,1-2H3,(H,28,29). The van der Waals surface area contributed by atoms with E-state index in [0.717, 1.165) is 66.3 Å². The zero-order valence-corrected chi connectivity index (χ0v) is 17.3. The van der Waals surface area contributed by atoms with E-state index in [0.29, 0.717) is 5.92 Å². The van der Waals surface area contributed by atoms with E-state index in [-0.39, 0.29) is 0 Å². The number of hydrogen-bond acceptors (Lipinski definition) is 6. The Morgan fingerprint density at radius 2 is 1.97 bits per heavy atom. The largest absolute Gasteiger partial charge is 0.296 e. The number of pyridine rings is 2. The molecule has 0 saturated carbocycles. The van der Waals surface area contributed by atoms with Crippen LogP contribution in [0.2, 0.25) is 0 Å². The van der Waals surface area contributed by atoms with Gasteiger partial charge in [0, 0.05) is 41.2 Å². The molecule has 1 N–H and O–H groups in total. The van der Waals surface area contributed by atoms with Crippen LogP contribution in [0.1, 0.15) is 41.5 Å².